The average Bonchev–Trinajstić information content (AvgIpc) is 2.16. The van der Waals surface area contributed by atoms with Crippen LogP contribution in [0.4, 0.5) is 0 Å². The van der Waals surface area contributed by atoms with Crippen LogP contribution in [0.1, 0.15) is 33.6 Å². The first-order valence-electron chi connectivity index (χ1n) is 5.67. The molecule has 80 valence electrons. The summed E-state index contributed by atoms with van der Waals surface area (Å²) in [6.45, 7) is 6.73. The van der Waals surface area contributed by atoms with Gasteiger partial charge in [-0.15, -0.1) is 0 Å². The standard InChI is InChI=1S/C14H19N/c1-11-9-12(2)14-8-6-4-5-7-13(3)15(14)10-11/h4-6,8,10,13H,7,9H2,1-3H3/b5-4+,8-6-. The fourth-order valence-electron chi connectivity index (χ4n) is 2.29. The zero-order valence-electron chi connectivity index (χ0n) is 9.83. The number of rotatable bonds is 0. The first-order chi connectivity index (χ1) is 7.18. The van der Waals surface area contributed by atoms with Crippen molar-refractivity contribution in [2.75, 3.05) is 0 Å². The van der Waals surface area contributed by atoms with E-state index >= 15 is 0 Å². The molecule has 1 atom stereocenters. The summed E-state index contributed by atoms with van der Waals surface area (Å²) in [7, 11) is 0. The number of nitrogens with zero attached hydrogens (tertiary/aromatic N) is 1. The maximum Gasteiger partial charge on any atom is 0.0401 e. The predicted molar refractivity (Wildman–Crippen MR) is 65.3 cm³/mol. The van der Waals surface area contributed by atoms with Crippen molar-refractivity contribution in [3.05, 3.63) is 47.3 Å². The minimum atomic E-state index is 0.561. The zero-order valence-corrected chi connectivity index (χ0v) is 9.83. The lowest BCUT2D eigenvalue weighted by Crippen LogP contribution is -2.30. The summed E-state index contributed by atoms with van der Waals surface area (Å²) in [4.78, 5) is 2.41. The van der Waals surface area contributed by atoms with Crippen molar-refractivity contribution in [2.45, 2.75) is 39.7 Å². The Labute approximate surface area is 92.5 Å². The van der Waals surface area contributed by atoms with Gasteiger partial charge in [0.2, 0.25) is 0 Å². The number of hydrogen-bond donors (Lipinski definition) is 0. The molecule has 0 aromatic carbocycles. The molecular weight excluding hydrogens is 182 g/mol. The topological polar surface area (TPSA) is 3.24 Å². The molecule has 2 rings (SSSR count). The Morgan fingerprint density at radius 3 is 2.87 bits per heavy atom. The van der Waals surface area contributed by atoms with Gasteiger partial charge >= 0.3 is 0 Å². The van der Waals surface area contributed by atoms with Gasteiger partial charge in [-0.25, -0.2) is 0 Å². The van der Waals surface area contributed by atoms with E-state index in [0.717, 1.165) is 12.8 Å². The fraction of sp³-hybridized carbons (Fsp3) is 0.429. The smallest absolute Gasteiger partial charge is 0.0401 e. The van der Waals surface area contributed by atoms with E-state index in [4.69, 9.17) is 0 Å². The van der Waals surface area contributed by atoms with E-state index < -0.39 is 0 Å². The van der Waals surface area contributed by atoms with E-state index in [1.807, 2.05) is 0 Å². The summed E-state index contributed by atoms with van der Waals surface area (Å²) in [5, 5.41) is 0. The van der Waals surface area contributed by atoms with E-state index in [2.05, 4.69) is 56.2 Å². The van der Waals surface area contributed by atoms with Crippen LogP contribution in [-0.2, 0) is 0 Å². The minimum absolute atomic E-state index is 0.561. The van der Waals surface area contributed by atoms with E-state index in [0.29, 0.717) is 6.04 Å². The quantitative estimate of drug-likeness (QED) is 0.576. The first-order valence-corrected chi connectivity index (χ1v) is 5.67. The molecule has 15 heavy (non-hydrogen) atoms. The second-order valence-electron chi connectivity index (χ2n) is 4.60. The second-order valence-corrected chi connectivity index (χ2v) is 4.60. The van der Waals surface area contributed by atoms with Crippen LogP contribution in [0.25, 0.3) is 0 Å². The van der Waals surface area contributed by atoms with Gasteiger partial charge in [0.05, 0.1) is 0 Å². The van der Waals surface area contributed by atoms with Crippen LogP contribution in [0.3, 0.4) is 0 Å². The molecule has 2 heterocycles. The van der Waals surface area contributed by atoms with E-state index in [1.165, 1.54) is 16.8 Å². The second kappa shape index (κ2) is 4.09. The summed E-state index contributed by atoms with van der Waals surface area (Å²) in [6.07, 6.45) is 13.3. The summed E-state index contributed by atoms with van der Waals surface area (Å²) >= 11 is 0. The van der Waals surface area contributed by atoms with Crippen molar-refractivity contribution in [3.8, 4) is 0 Å². The molecular formula is C14H19N. The zero-order chi connectivity index (χ0) is 10.8. The number of hydrogen-bond acceptors (Lipinski definition) is 1. The van der Waals surface area contributed by atoms with Gasteiger partial charge in [-0.2, -0.15) is 0 Å². The highest BCUT2D eigenvalue weighted by atomic mass is 15.2. The Hall–Kier alpha value is -1.24. The molecule has 0 fully saturated rings. The number of fused-ring (bicyclic) bond motifs is 1. The molecule has 1 heteroatoms. The largest absolute Gasteiger partial charge is 0.345 e. The molecule has 2 aliphatic heterocycles. The Morgan fingerprint density at radius 2 is 2.07 bits per heavy atom. The van der Waals surface area contributed by atoms with Crippen molar-refractivity contribution in [2.24, 2.45) is 0 Å². The van der Waals surface area contributed by atoms with Gasteiger partial charge in [0.1, 0.15) is 0 Å². The van der Waals surface area contributed by atoms with Gasteiger partial charge < -0.3 is 4.90 Å². The molecule has 0 aromatic rings. The fourth-order valence-corrected chi connectivity index (χ4v) is 2.29. The summed E-state index contributed by atoms with van der Waals surface area (Å²) in [6, 6.07) is 0.561. The van der Waals surface area contributed by atoms with Gasteiger partial charge in [-0.05, 0) is 45.3 Å². The lowest BCUT2D eigenvalue weighted by molar-refractivity contribution is 0.358. The van der Waals surface area contributed by atoms with Crippen LogP contribution >= 0.6 is 0 Å². The molecule has 0 spiro atoms. The highest BCUT2D eigenvalue weighted by molar-refractivity contribution is 5.35. The van der Waals surface area contributed by atoms with Crippen LogP contribution in [0.2, 0.25) is 0 Å². The SMILES string of the molecule is CC1=CN2C(=C(C)C1)/C=C\C=C\CC2C. The van der Waals surface area contributed by atoms with Crippen molar-refractivity contribution in [3.63, 3.8) is 0 Å². The van der Waals surface area contributed by atoms with Crippen molar-refractivity contribution in [1.82, 2.24) is 4.90 Å². The molecule has 0 saturated carbocycles. The molecule has 2 aliphatic rings. The molecule has 0 aliphatic carbocycles. The van der Waals surface area contributed by atoms with Crippen molar-refractivity contribution in [1.29, 1.82) is 0 Å². The lowest BCUT2D eigenvalue weighted by Gasteiger charge is -2.34. The van der Waals surface area contributed by atoms with E-state index in [1.54, 1.807) is 0 Å². The Balaban J connectivity index is 2.40. The third kappa shape index (κ3) is 2.06. The normalized spacial score (nSPS) is 30.2. The summed E-state index contributed by atoms with van der Waals surface area (Å²) in [5.41, 5.74) is 4.33. The lowest BCUT2D eigenvalue weighted by atomic mass is 9.99. The monoisotopic (exact) mass is 201 g/mol. The maximum atomic E-state index is 2.41. The third-order valence-electron chi connectivity index (χ3n) is 3.07. The summed E-state index contributed by atoms with van der Waals surface area (Å²) in [5.74, 6) is 0. The molecule has 0 bridgehead atoms. The first kappa shape index (κ1) is 10.3. The highest BCUT2D eigenvalue weighted by Gasteiger charge is 2.19. The van der Waals surface area contributed by atoms with Gasteiger partial charge in [-0.3, -0.25) is 0 Å². The van der Waals surface area contributed by atoms with Gasteiger partial charge in [0.25, 0.3) is 0 Å². The highest BCUT2D eigenvalue weighted by Crippen LogP contribution is 2.29. The van der Waals surface area contributed by atoms with Crippen molar-refractivity contribution < 1.29 is 0 Å². The van der Waals surface area contributed by atoms with Crippen LogP contribution in [-0.4, -0.2) is 10.9 Å². The van der Waals surface area contributed by atoms with Gasteiger partial charge in [0, 0.05) is 17.9 Å². The van der Waals surface area contributed by atoms with E-state index in [-0.39, 0.29) is 0 Å². The Bertz CT molecular complexity index is 369. The molecule has 1 nitrogen and oxygen atoms in total. The van der Waals surface area contributed by atoms with Crippen LogP contribution in [0.5, 0.6) is 0 Å². The molecule has 1 unspecified atom stereocenters. The maximum absolute atomic E-state index is 2.41. The third-order valence-corrected chi connectivity index (χ3v) is 3.07. The molecule has 0 amide bonds. The molecule has 0 N–H and O–H groups in total. The Kier molecular flexibility index (Phi) is 2.81. The predicted octanol–water partition coefficient (Wildman–Crippen LogP) is 3.77. The van der Waals surface area contributed by atoms with Gasteiger partial charge in [-0.1, -0.05) is 23.8 Å². The van der Waals surface area contributed by atoms with Crippen molar-refractivity contribution >= 4 is 0 Å². The molecule has 0 aromatic heterocycles. The Morgan fingerprint density at radius 1 is 1.27 bits per heavy atom. The van der Waals surface area contributed by atoms with Gasteiger partial charge in [0.15, 0.2) is 0 Å². The van der Waals surface area contributed by atoms with Crippen LogP contribution in [0.15, 0.2) is 47.3 Å². The van der Waals surface area contributed by atoms with Crippen LogP contribution < -0.4 is 0 Å². The summed E-state index contributed by atoms with van der Waals surface area (Å²) < 4.78 is 0. The average molecular weight is 201 g/mol. The van der Waals surface area contributed by atoms with Crippen LogP contribution in [0, 0.1) is 0 Å². The molecule has 0 radical (unpaired) electrons. The van der Waals surface area contributed by atoms with E-state index in [9.17, 15) is 0 Å². The minimum Gasteiger partial charge on any atom is -0.345 e. The molecule has 0 saturated heterocycles. The number of allylic oxidation sites excluding steroid dienone is 5.